The van der Waals surface area contributed by atoms with Crippen molar-refractivity contribution in [1.82, 2.24) is 9.80 Å². The Morgan fingerprint density at radius 3 is 2.70 bits per heavy atom. The molecule has 0 saturated heterocycles. The minimum absolute atomic E-state index is 0.176. The van der Waals surface area contributed by atoms with Gasteiger partial charge in [-0.1, -0.05) is 6.08 Å². The van der Waals surface area contributed by atoms with Gasteiger partial charge in [0, 0.05) is 19.2 Å². The van der Waals surface area contributed by atoms with Gasteiger partial charge in [-0.2, -0.15) is 4.99 Å². The van der Waals surface area contributed by atoms with Crippen molar-refractivity contribution in [3.8, 4) is 0 Å². The Morgan fingerprint density at radius 2 is 2.07 bits per heavy atom. The second kappa shape index (κ2) is 7.30. The zero-order chi connectivity index (χ0) is 19.7. The van der Waals surface area contributed by atoms with E-state index in [9.17, 15) is 14.4 Å². The lowest BCUT2D eigenvalue weighted by Crippen LogP contribution is -2.56. The van der Waals surface area contributed by atoms with E-state index in [1.54, 1.807) is 30.2 Å². The van der Waals surface area contributed by atoms with Gasteiger partial charge in [0.25, 0.3) is 5.91 Å². The van der Waals surface area contributed by atoms with Crippen molar-refractivity contribution in [3.05, 3.63) is 36.1 Å². The van der Waals surface area contributed by atoms with E-state index in [1.807, 2.05) is 19.9 Å². The smallest absolute Gasteiger partial charge is 0.320 e. The second-order valence-electron chi connectivity index (χ2n) is 6.57. The molecule has 8 nitrogen and oxygen atoms in total. The molecule has 0 aromatic heterocycles. The number of ether oxygens (including phenoxy) is 1. The summed E-state index contributed by atoms with van der Waals surface area (Å²) in [5.74, 6) is -1.56. The Bertz CT molecular complexity index is 835. The average molecular weight is 370 g/mol. The van der Waals surface area contributed by atoms with E-state index in [1.165, 1.54) is 17.9 Å². The van der Waals surface area contributed by atoms with Crippen molar-refractivity contribution >= 4 is 29.5 Å². The van der Waals surface area contributed by atoms with E-state index in [0.717, 1.165) is 0 Å². The molecule has 3 rings (SSSR count). The van der Waals surface area contributed by atoms with Crippen molar-refractivity contribution in [3.63, 3.8) is 0 Å². The number of hydrogen-bond donors (Lipinski definition) is 0. The van der Waals surface area contributed by atoms with Crippen LogP contribution in [0.25, 0.3) is 0 Å². The van der Waals surface area contributed by atoms with E-state index < -0.39 is 24.0 Å². The van der Waals surface area contributed by atoms with Gasteiger partial charge in [0.05, 0.1) is 12.2 Å². The molecule has 2 atom stereocenters. The van der Waals surface area contributed by atoms with Crippen molar-refractivity contribution in [2.45, 2.75) is 39.9 Å². The predicted molar refractivity (Wildman–Crippen MR) is 99.6 cm³/mol. The molecule has 142 valence electrons. The van der Waals surface area contributed by atoms with Crippen LogP contribution < -0.4 is 0 Å². The number of hydrogen-bond acceptors (Lipinski definition) is 5. The largest absolute Gasteiger partial charge is 0.465 e. The van der Waals surface area contributed by atoms with Crippen LogP contribution in [0.15, 0.2) is 46.1 Å². The van der Waals surface area contributed by atoms with Crippen molar-refractivity contribution in [1.29, 1.82) is 0 Å². The average Bonchev–Trinajstić information content (AvgIpc) is 2.61. The van der Waals surface area contributed by atoms with Crippen LogP contribution >= 0.6 is 0 Å². The normalized spacial score (nSPS) is 25.2. The first-order valence-electron chi connectivity index (χ1n) is 8.87. The van der Waals surface area contributed by atoms with Crippen LogP contribution in [0, 0.1) is 5.92 Å². The van der Waals surface area contributed by atoms with Gasteiger partial charge in [-0.25, -0.2) is 4.99 Å². The van der Waals surface area contributed by atoms with Crippen LogP contribution in [-0.4, -0.2) is 58.1 Å². The van der Waals surface area contributed by atoms with Gasteiger partial charge in [-0.05, 0) is 39.0 Å². The predicted octanol–water partition coefficient (Wildman–Crippen LogP) is 1.41. The molecule has 3 aliphatic heterocycles. The summed E-state index contributed by atoms with van der Waals surface area (Å²) in [5.41, 5.74) is 0.306. The molecule has 0 fully saturated rings. The van der Waals surface area contributed by atoms with Crippen molar-refractivity contribution < 1.29 is 19.1 Å². The topological polar surface area (TPSA) is 91.6 Å². The highest BCUT2D eigenvalue weighted by atomic mass is 16.5. The lowest BCUT2D eigenvalue weighted by molar-refractivity contribution is -0.144. The zero-order valence-electron chi connectivity index (χ0n) is 15.7. The number of carbonyl (C=O) groups is 3. The van der Waals surface area contributed by atoms with Crippen LogP contribution in [0.1, 0.15) is 27.7 Å². The zero-order valence-corrected chi connectivity index (χ0v) is 15.7. The Labute approximate surface area is 157 Å². The molecule has 0 radical (unpaired) electrons. The Balaban J connectivity index is 2.20. The van der Waals surface area contributed by atoms with Gasteiger partial charge < -0.3 is 9.64 Å². The third-order valence-electron chi connectivity index (χ3n) is 4.30. The van der Waals surface area contributed by atoms with Crippen molar-refractivity contribution in [2.75, 3.05) is 6.61 Å². The summed E-state index contributed by atoms with van der Waals surface area (Å²) in [5, 5.41) is 0. The molecule has 27 heavy (non-hydrogen) atoms. The van der Waals surface area contributed by atoms with Crippen LogP contribution in [0.2, 0.25) is 0 Å². The maximum Gasteiger partial charge on any atom is 0.320 e. The van der Waals surface area contributed by atoms with E-state index >= 15 is 0 Å². The Morgan fingerprint density at radius 1 is 1.33 bits per heavy atom. The fraction of sp³-hybridized carbons (Fsp3) is 0.421. The number of aliphatic imine (C=N–C) groups is 2. The lowest BCUT2D eigenvalue weighted by Gasteiger charge is -2.42. The Hall–Kier alpha value is -3.03. The summed E-state index contributed by atoms with van der Waals surface area (Å²) in [7, 11) is 0. The third-order valence-corrected chi connectivity index (χ3v) is 4.30. The molecule has 0 aromatic rings. The first-order chi connectivity index (χ1) is 12.8. The standard InChI is InChI=1S/C19H22N4O4/c1-5-27-19(26)14-10-13-16(23(11(2)3)17(14)20-12(4)24)21-15-8-6-7-9-22(15)18(13)25/h6-11,14-15H,5H2,1-4H3. The maximum atomic E-state index is 13.0. The van der Waals surface area contributed by atoms with E-state index in [-0.39, 0.29) is 24.4 Å². The minimum atomic E-state index is -0.949. The maximum absolute atomic E-state index is 13.0. The summed E-state index contributed by atoms with van der Waals surface area (Å²) < 4.78 is 5.15. The molecule has 0 spiro atoms. The summed E-state index contributed by atoms with van der Waals surface area (Å²) in [6, 6.07) is -0.176. The lowest BCUT2D eigenvalue weighted by atomic mass is 9.93. The summed E-state index contributed by atoms with van der Waals surface area (Å²) in [6.45, 7) is 6.97. The first-order valence-corrected chi connectivity index (χ1v) is 8.87. The molecular formula is C19H22N4O4. The van der Waals surface area contributed by atoms with Gasteiger partial charge in [0.1, 0.15) is 23.8 Å². The number of fused-ring (bicyclic) bond motifs is 2. The van der Waals surface area contributed by atoms with E-state index in [0.29, 0.717) is 11.4 Å². The SMILES string of the molecule is CCOC(=O)C1C=C2C(=O)N3C=CC=CC3N=C2N(C(C)C)C1=NC(C)=O. The molecule has 2 unspecified atom stereocenters. The highest BCUT2D eigenvalue weighted by molar-refractivity contribution is 6.30. The van der Waals surface area contributed by atoms with Gasteiger partial charge in [0.15, 0.2) is 0 Å². The number of esters is 1. The molecule has 0 aromatic carbocycles. The molecule has 0 N–H and O–H groups in total. The quantitative estimate of drug-likeness (QED) is 0.701. The van der Waals surface area contributed by atoms with E-state index in [4.69, 9.17) is 4.74 Å². The molecule has 3 heterocycles. The van der Waals surface area contributed by atoms with Gasteiger partial charge in [-0.15, -0.1) is 0 Å². The van der Waals surface area contributed by atoms with Gasteiger partial charge in [-0.3, -0.25) is 19.3 Å². The van der Waals surface area contributed by atoms with Crippen LogP contribution in [0.3, 0.4) is 0 Å². The number of amides is 2. The van der Waals surface area contributed by atoms with Crippen LogP contribution in [-0.2, 0) is 19.1 Å². The summed E-state index contributed by atoms with van der Waals surface area (Å²) >= 11 is 0. The fourth-order valence-electron chi connectivity index (χ4n) is 3.25. The van der Waals surface area contributed by atoms with E-state index in [2.05, 4.69) is 9.98 Å². The van der Waals surface area contributed by atoms with Gasteiger partial charge >= 0.3 is 5.97 Å². The Kier molecular flexibility index (Phi) is 5.07. The minimum Gasteiger partial charge on any atom is -0.465 e. The van der Waals surface area contributed by atoms with Crippen LogP contribution in [0.4, 0.5) is 0 Å². The number of carbonyl (C=O) groups excluding carboxylic acids is 3. The fourth-order valence-corrected chi connectivity index (χ4v) is 3.25. The second-order valence-corrected chi connectivity index (χ2v) is 6.57. The first kappa shape index (κ1) is 18.8. The molecular weight excluding hydrogens is 348 g/mol. The third kappa shape index (κ3) is 3.34. The molecule has 0 bridgehead atoms. The summed E-state index contributed by atoms with van der Waals surface area (Å²) in [6.07, 6.45) is 8.08. The van der Waals surface area contributed by atoms with Crippen LogP contribution in [0.5, 0.6) is 0 Å². The van der Waals surface area contributed by atoms with Gasteiger partial charge in [0.2, 0.25) is 5.91 Å². The number of allylic oxidation sites excluding steroid dienone is 2. The molecule has 0 aliphatic carbocycles. The van der Waals surface area contributed by atoms with Crippen molar-refractivity contribution in [2.24, 2.45) is 15.9 Å². The molecule has 0 saturated carbocycles. The summed E-state index contributed by atoms with van der Waals surface area (Å²) in [4.78, 5) is 49.2. The number of amidine groups is 2. The highest BCUT2D eigenvalue weighted by Gasteiger charge is 2.44. The molecule has 8 heteroatoms. The monoisotopic (exact) mass is 370 g/mol. The molecule has 3 aliphatic rings. The number of rotatable bonds is 3. The number of nitrogens with zero attached hydrogens (tertiary/aromatic N) is 4. The molecule has 2 amide bonds. The highest BCUT2D eigenvalue weighted by Crippen LogP contribution is 2.30.